The van der Waals surface area contributed by atoms with Gasteiger partial charge in [0, 0.05) is 30.5 Å². The van der Waals surface area contributed by atoms with Gasteiger partial charge in [0.05, 0.1) is 0 Å². The second-order valence-electron chi connectivity index (χ2n) is 8.83. The average Bonchev–Trinajstić information content (AvgIpc) is 2.77. The summed E-state index contributed by atoms with van der Waals surface area (Å²) in [5.74, 6) is -0.288. The number of piperidine rings is 1. The van der Waals surface area contributed by atoms with Gasteiger partial charge in [-0.1, -0.05) is 24.3 Å². The molecule has 1 aromatic heterocycles. The van der Waals surface area contributed by atoms with E-state index in [1.165, 1.54) is 6.07 Å². The molecule has 0 atom stereocenters. The van der Waals surface area contributed by atoms with Crippen molar-refractivity contribution in [2.45, 2.75) is 46.7 Å². The molecule has 0 saturated carbocycles. The zero-order valence-corrected chi connectivity index (χ0v) is 18.8. The third-order valence-corrected chi connectivity index (χ3v) is 6.57. The number of carbonyl (C=O) groups excluding carboxylic acids is 1. The summed E-state index contributed by atoms with van der Waals surface area (Å²) >= 11 is 0. The number of hydrogen-bond acceptors (Lipinski definition) is 4. The third kappa shape index (κ3) is 4.75. The molecule has 0 aliphatic carbocycles. The first-order chi connectivity index (χ1) is 15.3. The first-order valence-electron chi connectivity index (χ1n) is 11.1. The molecule has 1 amide bonds. The number of aryl methyl sites for hydroxylation is 3. The van der Waals surface area contributed by atoms with E-state index < -0.39 is 0 Å². The lowest BCUT2D eigenvalue weighted by atomic mass is 9.95. The van der Waals surface area contributed by atoms with Crippen molar-refractivity contribution in [2.75, 3.05) is 13.1 Å². The molecule has 0 radical (unpaired) electrons. The van der Waals surface area contributed by atoms with E-state index in [-0.39, 0.29) is 23.3 Å². The molecule has 1 aliphatic rings. The van der Waals surface area contributed by atoms with Crippen LogP contribution in [0.15, 0.2) is 45.6 Å². The van der Waals surface area contributed by atoms with Crippen LogP contribution in [0.2, 0.25) is 0 Å². The van der Waals surface area contributed by atoms with E-state index in [4.69, 9.17) is 4.42 Å². The monoisotopic (exact) mass is 436 g/mol. The highest BCUT2D eigenvalue weighted by Crippen LogP contribution is 2.26. The zero-order valence-electron chi connectivity index (χ0n) is 18.8. The maximum absolute atomic E-state index is 13.7. The number of hydrogen-bond donors (Lipinski definition) is 1. The number of nitrogens with one attached hydrogen (secondary N) is 1. The van der Waals surface area contributed by atoms with Crippen molar-refractivity contribution >= 4 is 16.9 Å². The molecular formula is C26H29FN2O3. The largest absolute Gasteiger partial charge is 0.422 e. The lowest BCUT2D eigenvalue weighted by Gasteiger charge is -2.31. The summed E-state index contributed by atoms with van der Waals surface area (Å²) < 4.78 is 19.2. The fraction of sp³-hybridized carbons (Fsp3) is 0.385. The summed E-state index contributed by atoms with van der Waals surface area (Å²) in [6.45, 7) is 8.25. The van der Waals surface area contributed by atoms with E-state index >= 15 is 0 Å². The van der Waals surface area contributed by atoms with Gasteiger partial charge in [0.15, 0.2) is 0 Å². The molecule has 2 aromatic carbocycles. The van der Waals surface area contributed by atoms with Gasteiger partial charge in [-0.3, -0.25) is 9.69 Å². The third-order valence-electron chi connectivity index (χ3n) is 6.57. The Labute approximate surface area is 187 Å². The molecule has 2 heterocycles. The minimum Gasteiger partial charge on any atom is -0.422 e. The molecule has 4 rings (SSSR count). The number of likely N-dealkylation sites (tertiary alicyclic amines) is 1. The van der Waals surface area contributed by atoms with Crippen LogP contribution in [0, 0.1) is 32.5 Å². The molecule has 168 valence electrons. The van der Waals surface area contributed by atoms with Gasteiger partial charge in [0.25, 0.3) is 0 Å². The quantitative estimate of drug-likeness (QED) is 0.603. The predicted octanol–water partition coefficient (Wildman–Crippen LogP) is 4.39. The average molecular weight is 437 g/mol. The molecule has 3 aromatic rings. The molecular weight excluding hydrogens is 407 g/mol. The Morgan fingerprint density at radius 1 is 1.09 bits per heavy atom. The van der Waals surface area contributed by atoms with Crippen molar-refractivity contribution in [2.24, 2.45) is 5.92 Å². The van der Waals surface area contributed by atoms with Crippen molar-refractivity contribution in [1.82, 2.24) is 10.2 Å². The number of rotatable bonds is 5. The smallest absolute Gasteiger partial charge is 0.336 e. The lowest BCUT2D eigenvalue weighted by Crippen LogP contribution is -2.40. The van der Waals surface area contributed by atoms with Crippen molar-refractivity contribution in [3.63, 3.8) is 0 Å². The predicted molar refractivity (Wildman–Crippen MR) is 123 cm³/mol. The van der Waals surface area contributed by atoms with Gasteiger partial charge in [-0.2, -0.15) is 0 Å². The van der Waals surface area contributed by atoms with Crippen molar-refractivity contribution < 1.29 is 13.6 Å². The molecule has 0 unspecified atom stereocenters. The summed E-state index contributed by atoms with van der Waals surface area (Å²) in [7, 11) is 0. The van der Waals surface area contributed by atoms with E-state index in [2.05, 4.69) is 16.3 Å². The fourth-order valence-corrected chi connectivity index (χ4v) is 4.33. The first-order valence-corrected chi connectivity index (χ1v) is 11.1. The van der Waals surface area contributed by atoms with Crippen LogP contribution < -0.4 is 10.9 Å². The molecule has 5 nitrogen and oxygen atoms in total. The lowest BCUT2D eigenvalue weighted by molar-refractivity contribution is -0.126. The van der Waals surface area contributed by atoms with Gasteiger partial charge < -0.3 is 9.73 Å². The van der Waals surface area contributed by atoms with Gasteiger partial charge in [-0.15, -0.1) is 0 Å². The van der Waals surface area contributed by atoms with Crippen LogP contribution in [-0.2, 0) is 17.9 Å². The number of nitrogens with zero attached hydrogens (tertiary/aromatic N) is 1. The highest BCUT2D eigenvalue weighted by atomic mass is 19.1. The molecule has 1 fully saturated rings. The van der Waals surface area contributed by atoms with Crippen LogP contribution in [0.4, 0.5) is 4.39 Å². The summed E-state index contributed by atoms with van der Waals surface area (Å²) in [5, 5.41) is 3.92. The maximum Gasteiger partial charge on any atom is 0.336 e. The van der Waals surface area contributed by atoms with Gasteiger partial charge >= 0.3 is 5.63 Å². The molecule has 0 spiro atoms. The van der Waals surface area contributed by atoms with Crippen LogP contribution in [0.3, 0.4) is 0 Å². The number of benzene rings is 2. The second-order valence-corrected chi connectivity index (χ2v) is 8.83. The number of fused-ring (bicyclic) bond motifs is 1. The second kappa shape index (κ2) is 9.25. The SMILES string of the molecule is Cc1ccc(CNC(=O)C2CCN(Cc3cc(=O)oc4c(C)c(C)ccc34)CC2)cc1F. The van der Waals surface area contributed by atoms with Crippen LogP contribution in [-0.4, -0.2) is 23.9 Å². The van der Waals surface area contributed by atoms with Crippen molar-refractivity contribution in [3.05, 3.63) is 80.5 Å². The normalized spacial score (nSPS) is 15.2. The van der Waals surface area contributed by atoms with Crippen molar-refractivity contribution in [1.29, 1.82) is 0 Å². The molecule has 0 bridgehead atoms. The Morgan fingerprint density at radius 3 is 2.53 bits per heavy atom. The molecule has 32 heavy (non-hydrogen) atoms. The van der Waals surface area contributed by atoms with Gasteiger partial charge in [-0.05, 0) is 80.6 Å². The maximum atomic E-state index is 13.7. The van der Waals surface area contributed by atoms with Crippen LogP contribution in [0.1, 0.15) is 40.7 Å². The van der Waals surface area contributed by atoms with Gasteiger partial charge in [0.2, 0.25) is 5.91 Å². The van der Waals surface area contributed by atoms with E-state index in [1.807, 2.05) is 26.0 Å². The first kappa shape index (κ1) is 22.2. The number of halogens is 1. The van der Waals surface area contributed by atoms with Crippen LogP contribution in [0.5, 0.6) is 0 Å². The standard InChI is InChI=1S/C26H29FN2O3/c1-16-5-7-22-21(13-24(30)32-25(22)18(16)3)15-29-10-8-20(9-11-29)26(31)28-14-19-6-4-17(2)23(27)12-19/h4-7,12-13,20H,8-11,14-15H2,1-3H3,(H,28,31). The molecule has 1 aliphatic heterocycles. The zero-order chi connectivity index (χ0) is 22.8. The highest BCUT2D eigenvalue weighted by molar-refractivity contribution is 5.84. The Balaban J connectivity index is 1.36. The van der Waals surface area contributed by atoms with E-state index in [1.54, 1.807) is 19.1 Å². The minimum absolute atomic E-state index is 0.0162. The Hall–Kier alpha value is -2.99. The van der Waals surface area contributed by atoms with Gasteiger partial charge in [-0.25, -0.2) is 9.18 Å². The number of amides is 1. The fourth-order valence-electron chi connectivity index (χ4n) is 4.33. The molecule has 6 heteroatoms. The Kier molecular flexibility index (Phi) is 6.42. The minimum atomic E-state index is -0.331. The Morgan fingerprint density at radius 2 is 1.81 bits per heavy atom. The molecule has 1 saturated heterocycles. The summed E-state index contributed by atoms with van der Waals surface area (Å²) in [5.41, 5.74) is 4.74. The van der Waals surface area contributed by atoms with E-state index in [0.717, 1.165) is 53.6 Å². The molecule has 1 N–H and O–H groups in total. The summed E-state index contributed by atoms with van der Waals surface area (Å²) in [4.78, 5) is 27.0. The Bertz CT molecular complexity index is 1210. The van der Waals surface area contributed by atoms with Crippen molar-refractivity contribution in [3.8, 4) is 0 Å². The van der Waals surface area contributed by atoms with E-state index in [9.17, 15) is 14.0 Å². The topological polar surface area (TPSA) is 62.6 Å². The van der Waals surface area contributed by atoms with Gasteiger partial charge in [0.1, 0.15) is 11.4 Å². The van der Waals surface area contributed by atoms with Crippen LogP contribution >= 0.6 is 0 Å². The summed E-state index contributed by atoms with van der Waals surface area (Å²) in [6.07, 6.45) is 1.51. The van der Waals surface area contributed by atoms with E-state index in [0.29, 0.717) is 24.2 Å². The highest BCUT2D eigenvalue weighted by Gasteiger charge is 2.25. The summed E-state index contributed by atoms with van der Waals surface area (Å²) in [6, 6.07) is 10.7. The van der Waals surface area contributed by atoms with Crippen LogP contribution in [0.25, 0.3) is 11.0 Å². The number of carbonyl (C=O) groups is 1.